The van der Waals surface area contributed by atoms with Gasteiger partial charge < -0.3 is 5.11 Å². The largest absolute Gasteiger partial charge is 0.457 e. The molecule has 20 heavy (non-hydrogen) atoms. The van der Waals surface area contributed by atoms with E-state index in [2.05, 4.69) is 0 Å². The third kappa shape index (κ3) is 4.63. The molecule has 0 aliphatic rings. The molecular weight excluding hydrogens is 429 g/mol. The van der Waals surface area contributed by atoms with Crippen molar-refractivity contribution in [2.75, 3.05) is 0 Å². The van der Waals surface area contributed by atoms with Crippen molar-refractivity contribution >= 4 is 22.6 Å². The quantitative estimate of drug-likeness (QED) is 0.513. The lowest BCUT2D eigenvalue weighted by Gasteiger charge is -2.25. The lowest BCUT2D eigenvalue weighted by Crippen LogP contribution is -2.47. The van der Waals surface area contributed by atoms with E-state index in [1.807, 2.05) is 0 Å². The van der Waals surface area contributed by atoms with Gasteiger partial charge in [-0.05, 0) is 26.2 Å². The Morgan fingerprint density at radius 2 is 1.30 bits per heavy atom. The van der Waals surface area contributed by atoms with Crippen molar-refractivity contribution in [1.82, 2.24) is 0 Å². The van der Waals surface area contributed by atoms with Gasteiger partial charge in [-0.1, -0.05) is 0 Å². The van der Waals surface area contributed by atoms with Gasteiger partial charge in [-0.3, -0.25) is 0 Å². The van der Waals surface area contributed by atoms with E-state index in [-0.39, 0.29) is 0 Å². The van der Waals surface area contributed by atoms with Crippen LogP contribution in [0.5, 0.6) is 0 Å². The Hall–Kier alpha value is -0.270. The molecule has 0 fully saturated rings. The second-order valence-electron chi connectivity index (χ2n) is 3.55. The number of halogens is 11. The van der Waals surface area contributed by atoms with E-state index in [0.29, 0.717) is 22.6 Å². The van der Waals surface area contributed by atoms with Gasteiger partial charge in [0, 0.05) is 12.5 Å². The summed E-state index contributed by atoms with van der Waals surface area (Å²) in [6, 6.07) is 0. The Labute approximate surface area is 118 Å². The van der Waals surface area contributed by atoms with Crippen molar-refractivity contribution in [3.05, 3.63) is 9.66 Å². The molecule has 0 aromatic rings. The SMILES string of the molecule is OC(CC(I)=CC(F)(F)C(F)(F)F)C(F)(F)C(F)(F)F. The standard InChI is InChI=1S/C8H5F10IO/c9-5(10,7(13,14)15)2-3(19)1-4(20)6(11,12)8(16,17)18/h2,4,20H,1H2. The lowest BCUT2D eigenvalue weighted by atomic mass is 10.1. The zero-order chi connectivity index (χ0) is 16.6. The minimum atomic E-state index is -6.16. The average Bonchev–Trinajstić information content (AvgIpc) is 2.12. The molecule has 0 saturated carbocycles. The monoisotopic (exact) mass is 434 g/mol. The van der Waals surface area contributed by atoms with E-state index in [1.165, 1.54) is 0 Å². The van der Waals surface area contributed by atoms with Crippen molar-refractivity contribution in [3.8, 4) is 0 Å². The van der Waals surface area contributed by atoms with Gasteiger partial charge >= 0.3 is 24.2 Å². The zero-order valence-corrected chi connectivity index (χ0v) is 11.1. The van der Waals surface area contributed by atoms with Crippen LogP contribution in [0.3, 0.4) is 0 Å². The van der Waals surface area contributed by atoms with Gasteiger partial charge in [-0.15, -0.1) is 0 Å². The average molecular weight is 434 g/mol. The van der Waals surface area contributed by atoms with Crippen molar-refractivity contribution in [3.63, 3.8) is 0 Å². The van der Waals surface area contributed by atoms with Gasteiger partial charge in [-0.25, -0.2) is 0 Å². The molecule has 0 spiro atoms. The highest BCUT2D eigenvalue weighted by molar-refractivity contribution is 14.1. The van der Waals surface area contributed by atoms with Crippen LogP contribution < -0.4 is 0 Å². The van der Waals surface area contributed by atoms with Gasteiger partial charge in [0.25, 0.3) is 0 Å². The Morgan fingerprint density at radius 3 is 1.60 bits per heavy atom. The molecule has 1 nitrogen and oxygen atoms in total. The van der Waals surface area contributed by atoms with Crippen LogP contribution >= 0.6 is 22.6 Å². The minimum Gasteiger partial charge on any atom is -0.386 e. The summed E-state index contributed by atoms with van der Waals surface area (Å²) in [7, 11) is 0. The fraction of sp³-hybridized carbons (Fsp3) is 0.750. The topological polar surface area (TPSA) is 20.2 Å². The summed E-state index contributed by atoms with van der Waals surface area (Å²) < 4.78 is 120. The third-order valence-corrected chi connectivity index (χ3v) is 2.65. The van der Waals surface area contributed by atoms with Crippen molar-refractivity contribution < 1.29 is 49.0 Å². The van der Waals surface area contributed by atoms with E-state index in [9.17, 15) is 43.9 Å². The zero-order valence-electron chi connectivity index (χ0n) is 8.97. The number of hydrogen-bond acceptors (Lipinski definition) is 1. The summed E-state index contributed by atoms with van der Waals surface area (Å²) in [5.74, 6) is -11.0. The number of alkyl halides is 10. The molecule has 0 heterocycles. The molecular formula is C8H5F10IO. The second-order valence-corrected chi connectivity index (χ2v) is 4.94. The number of allylic oxidation sites excluding steroid dienone is 1. The maximum Gasteiger partial charge on any atom is 0.457 e. The molecule has 0 aromatic carbocycles. The predicted octanol–water partition coefficient (Wildman–Crippen LogP) is 4.45. The van der Waals surface area contributed by atoms with Crippen LogP contribution in [-0.2, 0) is 0 Å². The van der Waals surface area contributed by atoms with Crippen LogP contribution in [0.4, 0.5) is 43.9 Å². The second kappa shape index (κ2) is 5.85. The van der Waals surface area contributed by atoms with Gasteiger partial charge in [0.15, 0.2) is 0 Å². The lowest BCUT2D eigenvalue weighted by molar-refractivity contribution is -0.312. The van der Waals surface area contributed by atoms with Crippen molar-refractivity contribution in [2.45, 2.75) is 36.7 Å². The van der Waals surface area contributed by atoms with E-state index >= 15 is 0 Å². The summed E-state index contributed by atoms with van der Waals surface area (Å²) in [5, 5.41) is 8.64. The van der Waals surface area contributed by atoms with Crippen LogP contribution in [0.1, 0.15) is 6.42 Å². The van der Waals surface area contributed by atoms with Crippen LogP contribution in [0.2, 0.25) is 0 Å². The Morgan fingerprint density at radius 1 is 0.900 bits per heavy atom. The molecule has 1 N–H and O–H groups in total. The normalized spacial score (nSPS) is 17.3. The van der Waals surface area contributed by atoms with Crippen LogP contribution in [0.25, 0.3) is 0 Å². The molecule has 0 bridgehead atoms. The van der Waals surface area contributed by atoms with E-state index in [1.54, 1.807) is 0 Å². The fourth-order valence-electron chi connectivity index (χ4n) is 0.839. The summed E-state index contributed by atoms with van der Waals surface area (Å²) in [4.78, 5) is 0. The number of hydrogen-bond donors (Lipinski definition) is 1. The molecule has 0 aliphatic heterocycles. The molecule has 0 rings (SSSR count). The van der Waals surface area contributed by atoms with Gasteiger partial charge in [0.2, 0.25) is 0 Å². The van der Waals surface area contributed by atoms with Crippen molar-refractivity contribution in [2.24, 2.45) is 0 Å². The molecule has 1 atom stereocenters. The predicted molar refractivity (Wildman–Crippen MR) is 54.7 cm³/mol. The minimum absolute atomic E-state index is 0.711. The Balaban J connectivity index is 5.08. The molecule has 0 aromatic heterocycles. The van der Waals surface area contributed by atoms with Gasteiger partial charge in [0.05, 0.1) is 0 Å². The van der Waals surface area contributed by atoms with Gasteiger partial charge in [-0.2, -0.15) is 43.9 Å². The third-order valence-electron chi connectivity index (χ3n) is 1.90. The Bertz CT molecular complexity index is 368. The maximum atomic E-state index is 12.5. The first-order chi connectivity index (χ1) is 8.52. The van der Waals surface area contributed by atoms with Gasteiger partial charge in [0.1, 0.15) is 6.10 Å². The summed E-state index contributed by atoms with van der Waals surface area (Å²) in [5.41, 5.74) is 0. The number of aliphatic hydroxyl groups is 1. The van der Waals surface area contributed by atoms with E-state index < -0.39 is 46.4 Å². The highest BCUT2D eigenvalue weighted by Gasteiger charge is 2.62. The maximum absolute atomic E-state index is 12.5. The highest BCUT2D eigenvalue weighted by Crippen LogP contribution is 2.42. The number of rotatable bonds is 4. The molecule has 0 aliphatic carbocycles. The molecule has 0 saturated heterocycles. The fourth-order valence-corrected chi connectivity index (χ4v) is 1.65. The summed E-state index contributed by atoms with van der Waals surface area (Å²) in [6.07, 6.45) is -18.2. The van der Waals surface area contributed by atoms with Crippen LogP contribution in [-0.4, -0.2) is 35.4 Å². The highest BCUT2D eigenvalue weighted by atomic mass is 127. The molecule has 1 unspecified atom stereocenters. The van der Waals surface area contributed by atoms with E-state index in [0.717, 1.165) is 0 Å². The Kier molecular flexibility index (Phi) is 5.77. The summed E-state index contributed by atoms with van der Waals surface area (Å²) in [6.45, 7) is 0. The van der Waals surface area contributed by atoms with Crippen molar-refractivity contribution in [1.29, 1.82) is 0 Å². The molecule has 0 radical (unpaired) electrons. The van der Waals surface area contributed by atoms with Crippen LogP contribution in [0, 0.1) is 0 Å². The van der Waals surface area contributed by atoms with E-state index in [4.69, 9.17) is 5.11 Å². The first kappa shape index (κ1) is 19.7. The van der Waals surface area contributed by atoms with Crippen LogP contribution in [0.15, 0.2) is 9.66 Å². The first-order valence-electron chi connectivity index (χ1n) is 4.46. The summed E-state index contributed by atoms with van der Waals surface area (Å²) >= 11 is 0.711. The first-order valence-corrected chi connectivity index (χ1v) is 5.54. The number of aliphatic hydroxyl groups excluding tert-OH is 1. The molecule has 120 valence electrons. The smallest absolute Gasteiger partial charge is 0.386 e. The molecule has 0 amide bonds. The molecule has 12 heteroatoms.